The summed E-state index contributed by atoms with van der Waals surface area (Å²) in [5.74, 6) is 0.456. The molecule has 0 aromatic carbocycles. The largest absolute Gasteiger partial charge is 0.486 e. The fourth-order valence-corrected chi connectivity index (χ4v) is 4.76. The first-order valence-corrected chi connectivity index (χ1v) is 12.5. The highest BCUT2D eigenvalue weighted by Gasteiger charge is 2.38. The zero-order chi connectivity index (χ0) is 27.1. The van der Waals surface area contributed by atoms with Crippen molar-refractivity contribution >= 4 is 16.7 Å². The summed E-state index contributed by atoms with van der Waals surface area (Å²) in [6.07, 6.45) is 3.96. The lowest BCUT2D eigenvalue weighted by Crippen LogP contribution is -2.27. The third-order valence-electron chi connectivity index (χ3n) is 6.82. The number of aromatic nitrogens is 7. The zero-order valence-electron chi connectivity index (χ0n) is 21.2. The molecule has 0 amide bonds. The Balaban J connectivity index is 1.42. The molecule has 38 heavy (non-hydrogen) atoms. The van der Waals surface area contributed by atoms with Crippen LogP contribution in [0, 0.1) is 11.3 Å². The molecule has 4 aromatic heterocycles. The highest BCUT2D eigenvalue weighted by molar-refractivity contribution is 5.93. The second-order valence-corrected chi connectivity index (χ2v) is 9.91. The molecule has 1 aliphatic carbocycles. The van der Waals surface area contributed by atoms with Crippen LogP contribution < -0.4 is 10.1 Å². The highest BCUT2D eigenvalue weighted by atomic mass is 19.4. The molecule has 2 N–H and O–H groups in total. The van der Waals surface area contributed by atoms with Crippen molar-refractivity contribution in [2.24, 2.45) is 0 Å². The van der Waals surface area contributed by atoms with Gasteiger partial charge < -0.3 is 10.1 Å². The van der Waals surface area contributed by atoms with Gasteiger partial charge in [-0.2, -0.15) is 33.7 Å². The fourth-order valence-electron chi connectivity index (χ4n) is 4.76. The molecule has 0 saturated heterocycles. The van der Waals surface area contributed by atoms with Gasteiger partial charge in [-0.1, -0.05) is 0 Å². The maximum Gasteiger partial charge on any atom is 0.436 e. The van der Waals surface area contributed by atoms with Crippen molar-refractivity contribution in [2.45, 2.75) is 70.3 Å². The second kappa shape index (κ2) is 9.66. The average Bonchev–Trinajstić information content (AvgIpc) is 3.63. The van der Waals surface area contributed by atoms with Crippen LogP contribution in [0.3, 0.4) is 0 Å². The molecule has 13 heteroatoms. The van der Waals surface area contributed by atoms with Crippen molar-refractivity contribution in [1.82, 2.24) is 34.7 Å². The number of anilines is 1. The molecule has 1 aliphatic rings. The zero-order valence-corrected chi connectivity index (χ0v) is 21.2. The number of fused-ring (bicyclic) bond motifs is 1. The molecule has 1 saturated carbocycles. The summed E-state index contributed by atoms with van der Waals surface area (Å²) in [5.41, 5.74) is 0.600. The second-order valence-electron chi connectivity index (χ2n) is 9.91. The maximum absolute atomic E-state index is 13.2. The molecule has 0 radical (unpaired) electrons. The van der Waals surface area contributed by atoms with Crippen LogP contribution in [0.15, 0.2) is 30.9 Å². The Kier molecular flexibility index (Phi) is 6.50. The molecule has 1 fully saturated rings. The molecule has 10 nitrogen and oxygen atoms in total. The van der Waals surface area contributed by atoms with E-state index in [-0.39, 0.29) is 17.9 Å². The number of halogens is 3. The molecule has 0 bridgehead atoms. The van der Waals surface area contributed by atoms with Crippen molar-refractivity contribution in [3.05, 3.63) is 36.5 Å². The minimum Gasteiger partial charge on any atom is -0.486 e. The van der Waals surface area contributed by atoms with Crippen LogP contribution in [0.2, 0.25) is 0 Å². The summed E-state index contributed by atoms with van der Waals surface area (Å²) in [6.45, 7) is 6.27. The SMILES string of the molecule is CCNc1cc2c(cn1)c(-c1cnn(C(C)(C)C#N)c1)nn2[C@H]1CC[C@@H](Oc2cn[nH]c2C(F)(F)F)CC1. The normalized spacial score (nSPS) is 18.4. The number of nitrogens with zero attached hydrogens (tertiary/aromatic N) is 7. The summed E-state index contributed by atoms with van der Waals surface area (Å²) < 4.78 is 48.9. The minimum atomic E-state index is -4.55. The van der Waals surface area contributed by atoms with Crippen molar-refractivity contribution in [3.8, 4) is 23.1 Å². The van der Waals surface area contributed by atoms with E-state index in [9.17, 15) is 18.4 Å². The highest BCUT2D eigenvalue weighted by Crippen LogP contribution is 2.39. The van der Waals surface area contributed by atoms with Gasteiger partial charge in [0.05, 0.1) is 36.1 Å². The smallest absolute Gasteiger partial charge is 0.436 e. The average molecular weight is 528 g/mol. The van der Waals surface area contributed by atoms with E-state index in [2.05, 4.69) is 26.6 Å². The Hall–Kier alpha value is -4.08. The number of hydrogen-bond acceptors (Lipinski definition) is 7. The Bertz CT molecular complexity index is 1470. The topological polar surface area (TPSA) is 122 Å². The van der Waals surface area contributed by atoms with Gasteiger partial charge in [-0.05, 0) is 46.5 Å². The monoisotopic (exact) mass is 527 g/mol. The molecule has 0 aliphatic heterocycles. The van der Waals surface area contributed by atoms with E-state index in [1.807, 2.05) is 22.8 Å². The standard InChI is InChI=1S/C25H28F3N9O/c1-4-30-21-9-19-18(11-31-21)22(15-10-33-36(13-15)24(2,3)14-29)35-37(19)16-5-7-17(8-6-16)38-20-12-32-34-23(20)25(26,27)28/h9-13,16-17H,4-8H2,1-3H3,(H,30,31)(H,32,34)/t16-,17+. The number of rotatable bonds is 7. The summed E-state index contributed by atoms with van der Waals surface area (Å²) in [6, 6.07) is 4.23. The lowest BCUT2D eigenvalue weighted by atomic mass is 9.93. The van der Waals surface area contributed by atoms with Crippen LogP contribution in [-0.2, 0) is 11.7 Å². The van der Waals surface area contributed by atoms with Gasteiger partial charge in [0, 0.05) is 36.0 Å². The number of nitriles is 1. The third-order valence-corrected chi connectivity index (χ3v) is 6.82. The summed E-state index contributed by atoms with van der Waals surface area (Å²) in [4.78, 5) is 4.53. The molecule has 0 spiro atoms. The minimum absolute atomic E-state index is 0.0278. The maximum atomic E-state index is 13.2. The molecular formula is C25H28F3N9O. The van der Waals surface area contributed by atoms with E-state index in [0.717, 1.165) is 28.5 Å². The number of H-pyrrole nitrogens is 1. The molecule has 200 valence electrons. The van der Waals surface area contributed by atoms with Crippen LogP contribution in [0.1, 0.15) is 58.2 Å². The van der Waals surface area contributed by atoms with Gasteiger partial charge in [0.15, 0.2) is 11.4 Å². The van der Waals surface area contributed by atoms with Gasteiger partial charge >= 0.3 is 6.18 Å². The van der Waals surface area contributed by atoms with Gasteiger partial charge in [0.2, 0.25) is 0 Å². The van der Waals surface area contributed by atoms with Gasteiger partial charge in [-0.25, -0.2) is 4.98 Å². The van der Waals surface area contributed by atoms with Crippen LogP contribution in [0.25, 0.3) is 22.2 Å². The number of pyridine rings is 1. The van der Waals surface area contributed by atoms with E-state index in [1.165, 1.54) is 0 Å². The number of hydrogen-bond donors (Lipinski definition) is 2. The van der Waals surface area contributed by atoms with Crippen LogP contribution in [-0.4, -0.2) is 47.4 Å². The van der Waals surface area contributed by atoms with Crippen LogP contribution in [0.4, 0.5) is 19.0 Å². The molecule has 0 unspecified atom stereocenters. The van der Waals surface area contributed by atoms with Gasteiger partial charge in [0.1, 0.15) is 17.1 Å². The first-order chi connectivity index (χ1) is 18.1. The Labute approximate surface area is 216 Å². The van der Waals surface area contributed by atoms with Gasteiger partial charge in [0.25, 0.3) is 0 Å². The van der Waals surface area contributed by atoms with Gasteiger partial charge in [-0.3, -0.25) is 14.5 Å². The third kappa shape index (κ3) is 4.78. The lowest BCUT2D eigenvalue weighted by molar-refractivity contribution is -0.143. The Morgan fingerprint density at radius 2 is 1.95 bits per heavy atom. The summed E-state index contributed by atoms with van der Waals surface area (Å²) in [5, 5.41) is 28.4. The Morgan fingerprint density at radius 3 is 2.63 bits per heavy atom. The first kappa shape index (κ1) is 25.6. The number of alkyl halides is 3. The van der Waals surface area contributed by atoms with E-state index in [1.54, 1.807) is 37.1 Å². The fraction of sp³-hybridized carbons (Fsp3) is 0.480. The van der Waals surface area contributed by atoms with Crippen molar-refractivity contribution in [1.29, 1.82) is 5.26 Å². The Morgan fingerprint density at radius 1 is 1.18 bits per heavy atom. The van der Waals surface area contributed by atoms with Crippen molar-refractivity contribution in [2.75, 3.05) is 11.9 Å². The number of ether oxygens (including phenoxy) is 1. The van der Waals surface area contributed by atoms with Crippen LogP contribution in [0.5, 0.6) is 5.75 Å². The molecule has 0 atom stereocenters. The van der Waals surface area contributed by atoms with Crippen molar-refractivity contribution < 1.29 is 17.9 Å². The van der Waals surface area contributed by atoms with Crippen LogP contribution >= 0.6 is 0 Å². The summed E-state index contributed by atoms with van der Waals surface area (Å²) in [7, 11) is 0. The quantitative estimate of drug-likeness (QED) is 0.335. The van der Waals surface area contributed by atoms with E-state index in [4.69, 9.17) is 9.84 Å². The molecule has 4 heterocycles. The van der Waals surface area contributed by atoms with Crippen molar-refractivity contribution in [3.63, 3.8) is 0 Å². The van der Waals surface area contributed by atoms with E-state index >= 15 is 0 Å². The predicted octanol–water partition coefficient (Wildman–Crippen LogP) is 5.29. The molecule has 5 rings (SSSR count). The number of aromatic amines is 1. The lowest BCUT2D eigenvalue weighted by Gasteiger charge is -2.29. The van der Waals surface area contributed by atoms with Gasteiger partial charge in [-0.15, -0.1) is 0 Å². The van der Waals surface area contributed by atoms with E-state index in [0.29, 0.717) is 37.9 Å². The first-order valence-electron chi connectivity index (χ1n) is 12.5. The number of nitrogens with one attached hydrogen (secondary N) is 2. The predicted molar refractivity (Wildman–Crippen MR) is 133 cm³/mol. The molecular weight excluding hydrogens is 499 g/mol. The summed E-state index contributed by atoms with van der Waals surface area (Å²) >= 11 is 0. The molecule has 4 aromatic rings. The van der Waals surface area contributed by atoms with E-state index < -0.39 is 17.4 Å².